The van der Waals surface area contributed by atoms with Gasteiger partial charge in [-0.3, -0.25) is 9.59 Å². The van der Waals surface area contributed by atoms with Gasteiger partial charge in [-0.1, -0.05) is 40.3 Å². The van der Waals surface area contributed by atoms with Crippen molar-refractivity contribution >= 4 is 40.1 Å². The van der Waals surface area contributed by atoms with Crippen molar-refractivity contribution < 1.29 is 9.59 Å². The number of amides is 2. The minimum atomic E-state index is -0.212. The molecule has 0 aliphatic carbocycles. The second kappa shape index (κ2) is 3.92. The molecule has 1 aromatic carbocycles. The standard InChI is InChI=1S/C11H10INO2/c1-7-2-4-8(5-3-7)13-10(14)6-9(12)11(13)15/h2-5,9H,6H2,1H3/t9-/m1/s1. The Balaban J connectivity index is 2.35. The zero-order chi connectivity index (χ0) is 11.0. The van der Waals surface area contributed by atoms with Crippen LogP contribution in [0.3, 0.4) is 0 Å². The molecular weight excluding hydrogens is 305 g/mol. The molecule has 1 saturated heterocycles. The van der Waals surface area contributed by atoms with Crippen LogP contribution in [0, 0.1) is 6.92 Å². The zero-order valence-corrected chi connectivity index (χ0v) is 10.4. The molecule has 0 bridgehead atoms. The van der Waals surface area contributed by atoms with Crippen molar-refractivity contribution in [3.05, 3.63) is 29.8 Å². The van der Waals surface area contributed by atoms with Crippen molar-refractivity contribution in [2.75, 3.05) is 4.90 Å². The van der Waals surface area contributed by atoms with E-state index in [-0.39, 0.29) is 15.7 Å². The van der Waals surface area contributed by atoms with E-state index < -0.39 is 0 Å². The van der Waals surface area contributed by atoms with Crippen LogP contribution in [0.2, 0.25) is 0 Å². The van der Waals surface area contributed by atoms with Crippen LogP contribution in [0.15, 0.2) is 24.3 Å². The Morgan fingerprint density at radius 1 is 1.27 bits per heavy atom. The Labute approximate surface area is 102 Å². The van der Waals surface area contributed by atoms with Crippen molar-refractivity contribution in [2.24, 2.45) is 0 Å². The van der Waals surface area contributed by atoms with Crippen LogP contribution >= 0.6 is 22.6 Å². The van der Waals surface area contributed by atoms with Gasteiger partial charge in [-0.05, 0) is 19.1 Å². The molecule has 0 saturated carbocycles. The number of nitrogens with zero attached hydrogens (tertiary/aromatic N) is 1. The van der Waals surface area contributed by atoms with E-state index in [0.717, 1.165) is 5.56 Å². The van der Waals surface area contributed by atoms with Crippen LogP contribution < -0.4 is 4.90 Å². The molecule has 1 aliphatic rings. The fourth-order valence-corrected chi connectivity index (χ4v) is 2.22. The summed E-state index contributed by atoms with van der Waals surface area (Å²) >= 11 is 2.01. The van der Waals surface area contributed by atoms with Crippen LogP contribution in [-0.4, -0.2) is 15.7 Å². The van der Waals surface area contributed by atoms with E-state index in [9.17, 15) is 9.59 Å². The molecule has 3 nitrogen and oxygen atoms in total. The highest BCUT2D eigenvalue weighted by molar-refractivity contribution is 14.1. The molecule has 1 atom stereocenters. The fourth-order valence-electron chi connectivity index (χ4n) is 1.56. The highest BCUT2D eigenvalue weighted by atomic mass is 127. The molecule has 0 N–H and O–H groups in total. The minimum Gasteiger partial charge on any atom is -0.274 e. The van der Waals surface area contributed by atoms with Gasteiger partial charge in [-0.2, -0.15) is 0 Å². The van der Waals surface area contributed by atoms with Crippen LogP contribution in [0.5, 0.6) is 0 Å². The maximum absolute atomic E-state index is 11.7. The number of imide groups is 1. The van der Waals surface area contributed by atoms with Crippen molar-refractivity contribution in [3.63, 3.8) is 0 Å². The number of carbonyl (C=O) groups excluding carboxylic acids is 2. The molecule has 0 spiro atoms. The highest BCUT2D eigenvalue weighted by Crippen LogP contribution is 2.26. The molecule has 2 amide bonds. The molecule has 4 heteroatoms. The predicted molar refractivity (Wildman–Crippen MR) is 66.1 cm³/mol. The Bertz CT molecular complexity index is 413. The zero-order valence-electron chi connectivity index (χ0n) is 8.24. The topological polar surface area (TPSA) is 37.4 Å². The first-order valence-corrected chi connectivity index (χ1v) is 5.91. The Morgan fingerprint density at radius 3 is 2.33 bits per heavy atom. The molecule has 15 heavy (non-hydrogen) atoms. The third kappa shape index (κ3) is 1.90. The Morgan fingerprint density at radius 2 is 1.87 bits per heavy atom. The van der Waals surface area contributed by atoms with Crippen molar-refractivity contribution in [2.45, 2.75) is 17.3 Å². The molecule has 2 rings (SSSR count). The molecule has 0 unspecified atom stereocenters. The molecule has 1 aliphatic heterocycles. The maximum atomic E-state index is 11.7. The fraction of sp³-hybridized carbons (Fsp3) is 0.273. The summed E-state index contributed by atoms with van der Waals surface area (Å²) in [5.41, 5.74) is 1.79. The lowest BCUT2D eigenvalue weighted by atomic mass is 10.2. The first-order valence-electron chi connectivity index (χ1n) is 4.67. The summed E-state index contributed by atoms with van der Waals surface area (Å²) in [7, 11) is 0. The molecular formula is C11H10INO2. The largest absolute Gasteiger partial charge is 0.274 e. The number of rotatable bonds is 1. The van der Waals surface area contributed by atoms with Gasteiger partial charge >= 0.3 is 0 Å². The maximum Gasteiger partial charge on any atom is 0.247 e. The average molecular weight is 315 g/mol. The second-order valence-corrected chi connectivity index (χ2v) is 5.08. The number of aryl methyl sites for hydroxylation is 1. The van der Waals surface area contributed by atoms with E-state index >= 15 is 0 Å². The summed E-state index contributed by atoms with van der Waals surface area (Å²) < 4.78 is -0.212. The third-order valence-electron chi connectivity index (χ3n) is 2.38. The first kappa shape index (κ1) is 10.6. The highest BCUT2D eigenvalue weighted by Gasteiger charge is 2.37. The predicted octanol–water partition coefficient (Wildman–Crippen LogP) is 2.06. The number of benzene rings is 1. The Hall–Kier alpha value is -0.910. The second-order valence-electron chi connectivity index (χ2n) is 3.57. The van der Waals surface area contributed by atoms with E-state index in [4.69, 9.17) is 0 Å². The lowest BCUT2D eigenvalue weighted by Gasteiger charge is -2.13. The van der Waals surface area contributed by atoms with E-state index in [2.05, 4.69) is 0 Å². The van der Waals surface area contributed by atoms with Gasteiger partial charge in [0.15, 0.2) is 0 Å². The van der Waals surface area contributed by atoms with Gasteiger partial charge in [0, 0.05) is 6.42 Å². The van der Waals surface area contributed by atoms with Gasteiger partial charge in [0.25, 0.3) is 0 Å². The van der Waals surface area contributed by atoms with E-state index in [1.165, 1.54) is 4.90 Å². The van der Waals surface area contributed by atoms with Crippen molar-refractivity contribution in [1.29, 1.82) is 0 Å². The molecule has 0 radical (unpaired) electrons. The quantitative estimate of drug-likeness (QED) is 0.452. The lowest BCUT2D eigenvalue weighted by molar-refractivity contribution is -0.121. The monoisotopic (exact) mass is 315 g/mol. The van der Waals surface area contributed by atoms with Crippen LogP contribution in [-0.2, 0) is 9.59 Å². The summed E-state index contributed by atoms with van der Waals surface area (Å²) in [4.78, 5) is 24.6. The SMILES string of the molecule is Cc1ccc(N2C(=O)C[C@@H](I)C2=O)cc1. The number of alkyl halides is 1. The first-order chi connectivity index (χ1) is 7.09. The van der Waals surface area contributed by atoms with Crippen LogP contribution in [0.4, 0.5) is 5.69 Å². The number of hydrogen-bond acceptors (Lipinski definition) is 2. The van der Waals surface area contributed by atoms with Gasteiger partial charge in [-0.15, -0.1) is 0 Å². The van der Waals surface area contributed by atoms with Crippen molar-refractivity contribution in [1.82, 2.24) is 0 Å². The van der Waals surface area contributed by atoms with E-state index in [1.807, 2.05) is 41.6 Å². The van der Waals surface area contributed by atoms with Gasteiger partial charge in [0.1, 0.15) is 0 Å². The van der Waals surface area contributed by atoms with Gasteiger partial charge in [0.05, 0.1) is 9.61 Å². The Kier molecular flexibility index (Phi) is 2.77. The average Bonchev–Trinajstić information content (AvgIpc) is 2.44. The van der Waals surface area contributed by atoms with Crippen molar-refractivity contribution in [3.8, 4) is 0 Å². The molecule has 1 heterocycles. The minimum absolute atomic E-state index is 0.107. The molecule has 0 aromatic heterocycles. The number of anilines is 1. The summed E-state index contributed by atoms with van der Waals surface area (Å²) in [6.45, 7) is 1.97. The van der Waals surface area contributed by atoms with Gasteiger partial charge in [-0.25, -0.2) is 4.90 Å². The summed E-state index contributed by atoms with van der Waals surface area (Å²) in [5.74, 6) is -0.215. The van der Waals surface area contributed by atoms with E-state index in [1.54, 1.807) is 12.1 Å². The molecule has 1 fully saturated rings. The summed E-state index contributed by atoms with van der Waals surface area (Å²) in [5, 5.41) is 0. The lowest BCUT2D eigenvalue weighted by Crippen LogP contribution is -2.30. The number of carbonyl (C=O) groups is 2. The number of hydrogen-bond donors (Lipinski definition) is 0. The smallest absolute Gasteiger partial charge is 0.247 e. The summed E-state index contributed by atoms with van der Waals surface area (Å²) in [6.07, 6.45) is 0.313. The molecule has 78 valence electrons. The van der Waals surface area contributed by atoms with Crippen LogP contribution in [0.1, 0.15) is 12.0 Å². The number of halogens is 1. The van der Waals surface area contributed by atoms with Crippen LogP contribution in [0.25, 0.3) is 0 Å². The van der Waals surface area contributed by atoms with Gasteiger partial charge < -0.3 is 0 Å². The third-order valence-corrected chi connectivity index (χ3v) is 3.36. The normalized spacial score (nSPS) is 21.2. The molecule has 1 aromatic rings. The van der Waals surface area contributed by atoms with Gasteiger partial charge in [0.2, 0.25) is 11.8 Å². The van der Waals surface area contributed by atoms with E-state index in [0.29, 0.717) is 12.1 Å². The summed E-state index contributed by atoms with van der Waals surface area (Å²) in [6, 6.07) is 7.41.